The summed E-state index contributed by atoms with van der Waals surface area (Å²) in [6.07, 6.45) is 1.67. The smallest absolute Gasteiger partial charge is 0.281 e. The average Bonchev–Trinajstić information content (AvgIpc) is 3.23. The highest BCUT2D eigenvalue weighted by Crippen LogP contribution is 2.26. The number of nitrogens with zero attached hydrogens (tertiary/aromatic N) is 5. The molecule has 1 atom stereocenters. The van der Waals surface area contributed by atoms with Gasteiger partial charge in [0.15, 0.2) is 11.2 Å². The van der Waals surface area contributed by atoms with Gasteiger partial charge in [0.2, 0.25) is 0 Å². The zero-order valence-corrected chi connectivity index (χ0v) is 18.9. The first kappa shape index (κ1) is 21.3. The molecule has 2 aromatic heterocycles. The number of amides is 1. The van der Waals surface area contributed by atoms with E-state index in [1.165, 1.54) is 0 Å². The summed E-state index contributed by atoms with van der Waals surface area (Å²) in [5, 5.41) is 8.77. The van der Waals surface area contributed by atoms with E-state index in [9.17, 15) is 9.59 Å². The topological polar surface area (TPSA) is 96.8 Å². The molecular formula is C24H23ClN6O2. The molecule has 1 aliphatic heterocycles. The molecule has 4 aromatic rings. The van der Waals surface area contributed by atoms with Gasteiger partial charge in [-0.2, -0.15) is 0 Å². The minimum Gasteiger partial charge on any atom is -0.338 e. The van der Waals surface area contributed by atoms with E-state index in [1.54, 1.807) is 4.68 Å². The Morgan fingerprint density at radius 2 is 2.06 bits per heavy atom. The van der Waals surface area contributed by atoms with E-state index in [1.807, 2.05) is 60.4 Å². The maximum Gasteiger partial charge on any atom is 0.281 e. The molecule has 1 aliphatic rings. The summed E-state index contributed by atoms with van der Waals surface area (Å²) in [5.74, 6) is 0.475. The van der Waals surface area contributed by atoms with Crippen LogP contribution in [0.3, 0.4) is 0 Å². The Bertz CT molecular complexity index is 1400. The van der Waals surface area contributed by atoms with Crippen LogP contribution >= 0.6 is 11.6 Å². The molecule has 1 saturated heterocycles. The zero-order chi connectivity index (χ0) is 22.9. The largest absolute Gasteiger partial charge is 0.338 e. The molecule has 1 amide bonds. The lowest BCUT2D eigenvalue weighted by molar-refractivity contribution is 0.0704. The number of aromatic amines is 1. The maximum atomic E-state index is 13.1. The molecule has 168 valence electrons. The highest BCUT2D eigenvalue weighted by atomic mass is 35.5. The number of carbonyl (C=O) groups excluding carboxylic acids is 1. The fraction of sp³-hybridized carbons (Fsp3) is 0.292. The molecule has 2 aromatic carbocycles. The predicted octanol–water partition coefficient (Wildman–Crippen LogP) is 3.54. The van der Waals surface area contributed by atoms with Crippen LogP contribution in [0.25, 0.3) is 11.2 Å². The molecule has 3 heterocycles. The Labute approximate surface area is 195 Å². The van der Waals surface area contributed by atoms with Crippen molar-refractivity contribution in [1.82, 2.24) is 29.9 Å². The first-order valence-electron chi connectivity index (χ1n) is 10.9. The van der Waals surface area contributed by atoms with Crippen molar-refractivity contribution in [2.45, 2.75) is 32.2 Å². The maximum absolute atomic E-state index is 13.1. The molecule has 1 fully saturated rings. The predicted molar refractivity (Wildman–Crippen MR) is 126 cm³/mol. The number of H-pyrrole nitrogens is 1. The molecule has 33 heavy (non-hydrogen) atoms. The van der Waals surface area contributed by atoms with E-state index in [2.05, 4.69) is 15.3 Å². The number of piperidine rings is 1. The first-order chi connectivity index (χ1) is 16.0. The van der Waals surface area contributed by atoms with Gasteiger partial charge in [-0.15, -0.1) is 5.10 Å². The van der Waals surface area contributed by atoms with Crippen LogP contribution in [0.4, 0.5) is 0 Å². The number of likely N-dealkylation sites (tertiary alicyclic amines) is 1. The number of rotatable bonds is 4. The second-order valence-corrected chi connectivity index (χ2v) is 8.83. The Balaban J connectivity index is 1.44. The van der Waals surface area contributed by atoms with Crippen LogP contribution in [-0.2, 0) is 6.54 Å². The minimum atomic E-state index is -0.331. The van der Waals surface area contributed by atoms with E-state index in [-0.39, 0.29) is 22.9 Å². The molecule has 0 bridgehead atoms. The molecule has 8 nitrogen and oxygen atoms in total. The van der Waals surface area contributed by atoms with Crippen molar-refractivity contribution in [2.75, 3.05) is 13.1 Å². The van der Waals surface area contributed by atoms with Crippen molar-refractivity contribution in [3.63, 3.8) is 0 Å². The molecule has 0 unspecified atom stereocenters. The Morgan fingerprint density at radius 1 is 1.21 bits per heavy atom. The molecule has 0 spiro atoms. The summed E-state index contributed by atoms with van der Waals surface area (Å²) < 4.78 is 1.59. The van der Waals surface area contributed by atoms with Crippen LogP contribution in [0, 0.1) is 6.92 Å². The number of benzene rings is 2. The summed E-state index contributed by atoms with van der Waals surface area (Å²) in [7, 11) is 0. The molecule has 0 saturated carbocycles. The summed E-state index contributed by atoms with van der Waals surface area (Å²) >= 11 is 6.30. The van der Waals surface area contributed by atoms with Gasteiger partial charge in [-0.05, 0) is 43.5 Å². The third kappa shape index (κ3) is 4.26. The number of carbonyl (C=O) groups is 1. The monoisotopic (exact) mass is 462 g/mol. The standard InChI is InChI=1S/C24H23ClN6O2/c1-15-6-4-8-16(12-15)24(33)30-11-5-9-18(13-30)21-26-22-20(23(32)27-21)28-29-31(22)14-17-7-2-3-10-19(17)25/h2-4,6-8,10,12,18H,5,9,11,13-14H2,1H3,(H,26,27,32)/t18-/m0/s1. The molecule has 1 N–H and O–H groups in total. The minimum absolute atomic E-state index is 0.00254. The number of aromatic nitrogens is 5. The zero-order valence-electron chi connectivity index (χ0n) is 18.2. The Hall–Kier alpha value is -3.52. The third-order valence-electron chi connectivity index (χ3n) is 6.03. The lowest BCUT2D eigenvalue weighted by atomic mass is 9.96. The van der Waals surface area contributed by atoms with Crippen LogP contribution in [0.2, 0.25) is 5.02 Å². The van der Waals surface area contributed by atoms with Crippen LogP contribution in [0.1, 0.15) is 46.1 Å². The number of hydrogen-bond donors (Lipinski definition) is 1. The number of nitrogens with one attached hydrogen (secondary N) is 1. The molecule has 9 heteroatoms. The summed E-state index contributed by atoms with van der Waals surface area (Å²) in [6.45, 7) is 3.50. The quantitative estimate of drug-likeness (QED) is 0.500. The van der Waals surface area contributed by atoms with E-state index in [0.717, 1.165) is 24.0 Å². The van der Waals surface area contributed by atoms with Crippen molar-refractivity contribution >= 4 is 28.7 Å². The first-order valence-corrected chi connectivity index (χ1v) is 11.3. The van der Waals surface area contributed by atoms with Gasteiger partial charge in [0.1, 0.15) is 5.82 Å². The summed E-state index contributed by atoms with van der Waals surface area (Å²) in [5.41, 5.74) is 2.86. The molecule has 0 radical (unpaired) electrons. The SMILES string of the molecule is Cc1cccc(C(=O)N2CCC[C@H](c3nc4c(nnn4Cc4ccccc4Cl)c(=O)[nH]3)C2)c1. The lowest BCUT2D eigenvalue weighted by Crippen LogP contribution is -2.40. The van der Waals surface area contributed by atoms with Crippen molar-refractivity contribution in [3.8, 4) is 0 Å². The van der Waals surface area contributed by atoms with Gasteiger partial charge < -0.3 is 9.88 Å². The van der Waals surface area contributed by atoms with Gasteiger partial charge in [0, 0.05) is 29.6 Å². The Kier molecular flexibility index (Phi) is 5.68. The van der Waals surface area contributed by atoms with Crippen LogP contribution in [0.5, 0.6) is 0 Å². The fourth-order valence-electron chi connectivity index (χ4n) is 4.32. The molecule has 5 rings (SSSR count). The van der Waals surface area contributed by atoms with Gasteiger partial charge >= 0.3 is 0 Å². The van der Waals surface area contributed by atoms with Gasteiger partial charge in [-0.1, -0.05) is 52.7 Å². The number of halogens is 1. The number of aryl methyl sites for hydroxylation is 1. The van der Waals surface area contributed by atoms with Crippen molar-refractivity contribution in [3.05, 3.63) is 86.4 Å². The molecular weight excluding hydrogens is 440 g/mol. The van der Waals surface area contributed by atoms with Crippen LogP contribution in [0.15, 0.2) is 53.3 Å². The Morgan fingerprint density at radius 3 is 2.88 bits per heavy atom. The highest BCUT2D eigenvalue weighted by Gasteiger charge is 2.28. The van der Waals surface area contributed by atoms with Gasteiger partial charge in [-0.25, -0.2) is 9.67 Å². The van der Waals surface area contributed by atoms with E-state index in [4.69, 9.17) is 16.6 Å². The van der Waals surface area contributed by atoms with Gasteiger partial charge in [0.25, 0.3) is 11.5 Å². The van der Waals surface area contributed by atoms with Crippen molar-refractivity contribution in [1.29, 1.82) is 0 Å². The van der Waals surface area contributed by atoms with Gasteiger partial charge in [0.05, 0.1) is 6.54 Å². The van der Waals surface area contributed by atoms with Crippen LogP contribution < -0.4 is 5.56 Å². The highest BCUT2D eigenvalue weighted by molar-refractivity contribution is 6.31. The normalized spacial score (nSPS) is 16.3. The molecule has 0 aliphatic carbocycles. The van der Waals surface area contributed by atoms with Crippen molar-refractivity contribution in [2.24, 2.45) is 0 Å². The summed E-state index contributed by atoms with van der Waals surface area (Å²) in [4.78, 5) is 35.2. The fourth-order valence-corrected chi connectivity index (χ4v) is 4.51. The second kappa shape index (κ2) is 8.78. The second-order valence-electron chi connectivity index (χ2n) is 8.42. The van der Waals surface area contributed by atoms with Gasteiger partial charge in [-0.3, -0.25) is 9.59 Å². The van der Waals surface area contributed by atoms with Crippen molar-refractivity contribution < 1.29 is 4.79 Å². The third-order valence-corrected chi connectivity index (χ3v) is 6.40. The van der Waals surface area contributed by atoms with E-state index in [0.29, 0.717) is 41.7 Å². The summed E-state index contributed by atoms with van der Waals surface area (Å²) in [6, 6.07) is 15.1. The average molecular weight is 463 g/mol. The number of fused-ring (bicyclic) bond motifs is 1. The van der Waals surface area contributed by atoms with Crippen LogP contribution in [-0.4, -0.2) is 48.9 Å². The van der Waals surface area contributed by atoms with E-state index >= 15 is 0 Å². The van der Waals surface area contributed by atoms with E-state index < -0.39 is 0 Å². The lowest BCUT2D eigenvalue weighted by Gasteiger charge is -2.32. The number of hydrogen-bond acceptors (Lipinski definition) is 5.